The molecule has 0 spiro atoms. The van der Waals surface area contributed by atoms with E-state index in [1.807, 2.05) is 18.2 Å². The molecule has 2 aromatic heterocycles. The molecule has 25 heavy (non-hydrogen) atoms. The molecule has 1 aromatic carbocycles. The van der Waals surface area contributed by atoms with E-state index in [9.17, 15) is 4.79 Å². The first-order valence-corrected chi connectivity index (χ1v) is 8.96. The molecule has 0 N–H and O–H groups in total. The first-order valence-electron chi connectivity index (χ1n) is 8.96. The van der Waals surface area contributed by atoms with Crippen LogP contribution in [-0.2, 0) is 5.54 Å². The Labute approximate surface area is 146 Å². The van der Waals surface area contributed by atoms with Crippen LogP contribution in [0.15, 0.2) is 55.0 Å². The summed E-state index contributed by atoms with van der Waals surface area (Å²) in [4.78, 5) is 19.5. The van der Waals surface area contributed by atoms with Crippen LogP contribution in [0, 0.1) is 5.92 Å². The first-order chi connectivity index (χ1) is 12.3. The molecule has 126 valence electrons. The number of likely N-dealkylation sites (tertiary alicyclic amines) is 1. The SMILES string of the molecule is O=C(c1ccc2ncnn2c1)N1CC2CCCCC21c1ccccc1. The van der Waals surface area contributed by atoms with Crippen LogP contribution in [0.3, 0.4) is 0 Å². The lowest BCUT2D eigenvalue weighted by Gasteiger charge is -2.61. The number of fused-ring (bicyclic) bond motifs is 2. The molecule has 0 bridgehead atoms. The van der Waals surface area contributed by atoms with Crippen molar-refractivity contribution in [3.05, 3.63) is 66.1 Å². The lowest BCUT2D eigenvalue weighted by Crippen LogP contribution is -2.67. The normalized spacial score (nSPS) is 25.4. The van der Waals surface area contributed by atoms with Gasteiger partial charge >= 0.3 is 0 Å². The number of carbonyl (C=O) groups excluding carboxylic acids is 1. The van der Waals surface area contributed by atoms with Crippen LogP contribution in [0.1, 0.15) is 41.6 Å². The molecule has 2 aliphatic rings. The maximum Gasteiger partial charge on any atom is 0.256 e. The van der Waals surface area contributed by atoms with E-state index >= 15 is 0 Å². The summed E-state index contributed by atoms with van der Waals surface area (Å²) in [6.45, 7) is 0.850. The number of nitrogens with zero attached hydrogens (tertiary/aromatic N) is 4. The van der Waals surface area contributed by atoms with Crippen LogP contribution in [0.2, 0.25) is 0 Å². The van der Waals surface area contributed by atoms with Crippen molar-refractivity contribution in [3.8, 4) is 0 Å². The van der Waals surface area contributed by atoms with Gasteiger partial charge in [0.25, 0.3) is 5.91 Å². The van der Waals surface area contributed by atoms with Gasteiger partial charge in [0.1, 0.15) is 6.33 Å². The lowest BCUT2D eigenvalue weighted by atomic mass is 9.61. The number of rotatable bonds is 2. The van der Waals surface area contributed by atoms with Crippen molar-refractivity contribution in [2.24, 2.45) is 5.92 Å². The highest BCUT2D eigenvalue weighted by Gasteiger charge is 2.57. The third kappa shape index (κ3) is 2.05. The van der Waals surface area contributed by atoms with Crippen molar-refractivity contribution in [1.82, 2.24) is 19.5 Å². The molecule has 1 amide bonds. The van der Waals surface area contributed by atoms with E-state index in [0.717, 1.165) is 18.6 Å². The predicted molar refractivity (Wildman–Crippen MR) is 94.1 cm³/mol. The quantitative estimate of drug-likeness (QED) is 0.724. The molecule has 1 aliphatic heterocycles. The third-order valence-corrected chi connectivity index (χ3v) is 5.96. The van der Waals surface area contributed by atoms with E-state index in [-0.39, 0.29) is 11.4 Å². The lowest BCUT2D eigenvalue weighted by molar-refractivity contribution is -0.0869. The van der Waals surface area contributed by atoms with Crippen LogP contribution in [-0.4, -0.2) is 31.9 Å². The zero-order valence-electron chi connectivity index (χ0n) is 14.0. The van der Waals surface area contributed by atoms with Crippen LogP contribution in [0.25, 0.3) is 5.65 Å². The maximum absolute atomic E-state index is 13.3. The van der Waals surface area contributed by atoms with Crippen LogP contribution < -0.4 is 0 Å². The molecule has 2 atom stereocenters. The number of benzene rings is 1. The smallest absolute Gasteiger partial charge is 0.256 e. The molecule has 1 saturated heterocycles. The fraction of sp³-hybridized carbons (Fsp3) is 0.350. The Morgan fingerprint density at radius 2 is 2.00 bits per heavy atom. The summed E-state index contributed by atoms with van der Waals surface area (Å²) in [5, 5.41) is 4.16. The predicted octanol–water partition coefficient (Wildman–Crippen LogP) is 3.27. The highest BCUT2D eigenvalue weighted by atomic mass is 16.2. The van der Waals surface area contributed by atoms with E-state index in [1.54, 1.807) is 10.7 Å². The summed E-state index contributed by atoms with van der Waals surface area (Å²) in [5.41, 5.74) is 2.58. The summed E-state index contributed by atoms with van der Waals surface area (Å²) in [5.74, 6) is 0.669. The van der Waals surface area contributed by atoms with Crippen LogP contribution >= 0.6 is 0 Å². The summed E-state index contributed by atoms with van der Waals surface area (Å²) >= 11 is 0. The van der Waals surface area contributed by atoms with E-state index < -0.39 is 0 Å². The molecule has 3 aromatic rings. The van der Waals surface area contributed by atoms with Gasteiger partial charge in [-0.15, -0.1) is 0 Å². The van der Waals surface area contributed by atoms with Gasteiger partial charge in [-0.2, -0.15) is 5.10 Å². The Bertz CT molecular complexity index is 935. The molecular formula is C20H20N4O. The molecule has 1 aliphatic carbocycles. The largest absolute Gasteiger partial charge is 0.328 e. The van der Waals surface area contributed by atoms with Gasteiger partial charge in [-0.05, 0) is 30.5 Å². The van der Waals surface area contributed by atoms with Crippen molar-refractivity contribution in [2.75, 3.05) is 6.54 Å². The summed E-state index contributed by atoms with van der Waals surface area (Å²) in [6.07, 6.45) is 8.01. The van der Waals surface area contributed by atoms with E-state index in [2.05, 4.69) is 39.2 Å². The van der Waals surface area contributed by atoms with Gasteiger partial charge in [0, 0.05) is 18.7 Å². The van der Waals surface area contributed by atoms with Crippen LogP contribution in [0.5, 0.6) is 0 Å². The Balaban J connectivity index is 1.55. The zero-order chi connectivity index (χ0) is 16.9. The Morgan fingerprint density at radius 3 is 2.84 bits per heavy atom. The molecule has 5 heteroatoms. The van der Waals surface area contributed by atoms with E-state index in [4.69, 9.17) is 0 Å². The zero-order valence-corrected chi connectivity index (χ0v) is 14.0. The van der Waals surface area contributed by atoms with E-state index in [0.29, 0.717) is 11.5 Å². The average Bonchev–Trinajstić information content (AvgIpc) is 3.11. The number of amides is 1. The fourth-order valence-electron chi connectivity index (χ4n) is 4.72. The van der Waals surface area contributed by atoms with Crippen molar-refractivity contribution in [1.29, 1.82) is 0 Å². The molecule has 0 radical (unpaired) electrons. The Hall–Kier alpha value is -2.69. The van der Waals surface area contributed by atoms with Crippen molar-refractivity contribution < 1.29 is 4.79 Å². The standard InChI is InChI=1S/C20H20N4O/c25-19(15-9-10-18-21-14-22-24(18)12-15)23-13-17-8-4-5-11-20(17,23)16-6-2-1-3-7-16/h1-3,6-7,9-10,12,14,17H,4-5,8,11,13H2. The van der Waals surface area contributed by atoms with Gasteiger partial charge in [-0.1, -0.05) is 43.2 Å². The van der Waals surface area contributed by atoms with Gasteiger partial charge in [-0.25, -0.2) is 9.50 Å². The monoisotopic (exact) mass is 332 g/mol. The third-order valence-electron chi connectivity index (χ3n) is 5.96. The highest BCUT2D eigenvalue weighted by Crippen LogP contribution is 2.54. The topological polar surface area (TPSA) is 50.5 Å². The summed E-state index contributed by atoms with van der Waals surface area (Å²) in [6, 6.07) is 14.3. The molecule has 2 fully saturated rings. The van der Waals surface area contributed by atoms with Crippen molar-refractivity contribution >= 4 is 11.6 Å². The summed E-state index contributed by atoms with van der Waals surface area (Å²) in [7, 11) is 0. The van der Waals surface area contributed by atoms with Gasteiger partial charge in [0.05, 0.1) is 11.1 Å². The van der Waals surface area contributed by atoms with Gasteiger partial charge in [0.2, 0.25) is 0 Å². The highest BCUT2D eigenvalue weighted by molar-refractivity contribution is 5.95. The number of hydrogen-bond donors (Lipinski definition) is 0. The number of pyridine rings is 1. The minimum absolute atomic E-state index is 0.0967. The average molecular weight is 332 g/mol. The maximum atomic E-state index is 13.3. The molecule has 5 rings (SSSR count). The Morgan fingerprint density at radius 1 is 1.12 bits per heavy atom. The van der Waals surface area contributed by atoms with Crippen molar-refractivity contribution in [2.45, 2.75) is 31.2 Å². The van der Waals surface area contributed by atoms with Gasteiger partial charge < -0.3 is 4.90 Å². The van der Waals surface area contributed by atoms with E-state index in [1.165, 1.54) is 31.2 Å². The number of aromatic nitrogens is 3. The molecule has 2 unspecified atom stereocenters. The molecular weight excluding hydrogens is 312 g/mol. The first kappa shape index (κ1) is 14.6. The number of carbonyl (C=O) groups is 1. The Kier molecular flexibility index (Phi) is 3.17. The minimum Gasteiger partial charge on any atom is -0.328 e. The van der Waals surface area contributed by atoms with Gasteiger partial charge in [0.15, 0.2) is 5.65 Å². The number of hydrogen-bond acceptors (Lipinski definition) is 3. The van der Waals surface area contributed by atoms with Crippen molar-refractivity contribution in [3.63, 3.8) is 0 Å². The summed E-state index contributed by atoms with van der Waals surface area (Å²) < 4.78 is 1.67. The van der Waals surface area contributed by atoms with Crippen LogP contribution in [0.4, 0.5) is 0 Å². The second kappa shape index (κ2) is 5.41. The molecule has 1 saturated carbocycles. The molecule has 5 nitrogen and oxygen atoms in total. The fourth-order valence-corrected chi connectivity index (χ4v) is 4.72. The van der Waals surface area contributed by atoms with Gasteiger partial charge in [-0.3, -0.25) is 4.79 Å². The second-order valence-electron chi connectivity index (χ2n) is 7.13. The minimum atomic E-state index is -0.131. The molecule has 3 heterocycles. The second-order valence-corrected chi connectivity index (χ2v) is 7.13.